The highest BCUT2D eigenvalue weighted by molar-refractivity contribution is 7.89. The van der Waals surface area contributed by atoms with Gasteiger partial charge < -0.3 is 0 Å². The Morgan fingerprint density at radius 2 is 1.83 bits per heavy atom. The number of hydrazone groups is 1. The molecule has 6 nitrogen and oxygen atoms in total. The second-order valence-electron chi connectivity index (χ2n) is 7.82. The van der Waals surface area contributed by atoms with E-state index < -0.39 is 15.9 Å². The van der Waals surface area contributed by atoms with E-state index in [4.69, 9.17) is 0 Å². The molecule has 0 spiro atoms. The minimum atomic E-state index is -3.60. The summed E-state index contributed by atoms with van der Waals surface area (Å²) in [5.41, 5.74) is 5.70. The Morgan fingerprint density at radius 1 is 1.13 bits per heavy atom. The van der Waals surface area contributed by atoms with Gasteiger partial charge in [-0.3, -0.25) is 4.79 Å². The lowest BCUT2D eigenvalue weighted by atomic mass is 9.99. The van der Waals surface area contributed by atoms with Crippen molar-refractivity contribution in [3.8, 4) is 0 Å². The number of carbonyl (C=O) groups is 1. The topological polar surface area (TPSA) is 78.8 Å². The van der Waals surface area contributed by atoms with E-state index in [1.54, 1.807) is 24.3 Å². The van der Waals surface area contributed by atoms with Crippen LogP contribution in [0.1, 0.15) is 37.3 Å². The molecule has 0 unspecified atom stereocenters. The molecular formula is C23H29N3O3S. The molecule has 2 aromatic rings. The average Bonchev–Trinajstić information content (AvgIpc) is 2.77. The van der Waals surface area contributed by atoms with Gasteiger partial charge in [-0.05, 0) is 57.2 Å². The van der Waals surface area contributed by atoms with Gasteiger partial charge in [-0.1, -0.05) is 48.0 Å². The lowest BCUT2D eigenvalue weighted by molar-refractivity contribution is -0.126. The van der Waals surface area contributed by atoms with Crippen molar-refractivity contribution < 1.29 is 13.2 Å². The van der Waals surface area contributed by atoms with Crippen LogP contribution in [0.25, 0.3) is 0 Å². The summed E-state index contributed by atoms with van der Waals surface area (Å²) in [6, 6.07) is 16.9. The van der Waals surface area contributed by atoms with Crippen molar-refractivity contribution in [3.63, 3.8) is 0 Å². The summed E-state index contributed by atoms with van der Waals surface area (Å²) >= 11 is 0. The second kappa shape index (κ2) is 10.00. The smallest absolute Gasteiger partial charge is 0.244 e. The number of rotatable bonds is 7. The lowest BCUT2D eigenvalue weighted by Gasteiger charge is -2.30. The van der Waals surface area contributed by atoms with Gasteiger partial charge in [0.15, 0.2) is 0 Å². The van der Waals surface area contributed by atoms with Gasteiger partial charge in [-0.2, -0.15) is 9.41 Å². The fraction of sp³-hybridized carbons (Fsp3) is 0.391. The van der Waals surface area contributed by atoms with Crippen LogP contribution >= 0.6 is 0 Å². The zero-order valence-corrected chi connectivity index (χ0v) is 18.4. The highest BCUT2D eigenvalue weighted by Crippen LogP contribution is 2.24. The molecule has 160 valence electrons. The number of carbonyl (C=O) groups excluding carboxylic acids is 1. The van der Waals surface area contributed by atoms with Crippen molar-refractivity contribution in [1.29, 1.82) is 0 Å². The predicted octanol–water partition coefficient (Wildman–Crippen LogP) is 3.52. The Bertz CT molecular complexity index is 986. The van der Waals surface area contributed by atoms with E-state index in [0.717, 1.165) is 24.1 Å². The fourth-order valence-electron chi connectivity index (χ4n) is 3.50. The number of sulfonamides is 1. The number of hydrogen-bond donors (Lipinski definition) is 1. The maximum atomic E-state index is 12.9. The normalized spacial score (nSPS) is 18.2. The Labute approximate surface area is 179 Å². The van der Waals surface area contributed by atoms with E-state index in [1.165, 1.54) is 9.87 Å². The van der Waals surface area contributed by atoms with E-state index in [2.05, 4.69) is 22.7 Å². The minimum absolute atomic E-state index is 0.181. The quantitative estimate of drug-likeness (QED) is 0.542. The molecule has 2 aromatic carbocycles. The molecule has 0 bridgehead atoms. The summed E-state index contributed by atoms with van der Waals surface area (Å²) in [6.07, 6.45) is 2.92. The largest absolute Gasteiger partial charge is 0.273 e. The summed E-state index contributed by atoms with van der Waals surface area (Å²) in [4.78, 5) is 12.9. The number of aryl methyl sites for hydroxylation is 2. The number of nitrogens with one attached hydrogen (secondary N) is 1. The second-order valence-corrected chi connectivity index (χ2v) is 9.76. The van der Waals surface area contributed by atoms with E-state index >= 15 is 0 Å². The van der Waals surface area contributed by atoms with Crippen LogP contribution < -0.4 is 5.43 Å². The molecule has 1 amide bonds. The maximum Gasteiger partial charge on any atom is 0.244 e. The average molecular weight is 428 g/mol. The molecule has 1 aliphatic rings. The van der Waals surface area contributed by atoms with Crippen LogP contribution in [0.15, 0.2) is 64.6 Å². The first kappa shape index (κ1) is 22.2. The molecule has 1 fully saturated rings. The fourth-order valence-corrected chi connectivity index (χ4v) is 5.03. The van der Waals surface area contributed by atoms with Gasteiger partial charge in [0.05, 0.1) is 10.8 Å². The summed E-state index contributed by atoms with van der Waals surface area (Å²) in [5.74, 6) is -0.623. The minimum Gasteiger partial charge on any atom is -0.273 e. The van der Waals surface area contributed by atoms with E-state index in [0.29, 0.717) is 19.4 Å². The Hall–Kier alpha value is -2.51. The number of benzene rings is 2. The first-order valence-corrected chi connectivity index (χ1v) is 11.7. The van der Waals surface area contributed by atoms with Crippen molar-refractivity contribution in [1.82, 2.24) is 9.73 Å². The maximum absolute atomic E-state index is 12.9. The Balaban J connectivity index is 1.56. The number of hydrogen-bond acceptors (Lipinski definition) is 4. The van der Waals surface area contributed by atoms with Crippen molar-refractivity contribution in [3.05, 3.63) is 65.7 Å². The molecule has 1 saturated heterocycles. The van der Waals surface area contributed by atoms with Crippen molar-refractivity contribution in [2.75, 3.05) is 13.1 Å². The van der Waals surface area contributed by atoms with Crippen LogP contribution in [-0.2, 0) is 21.2 Å². The molecule has 0 aromatic heterocycles. The zero-order chi connectivity index (χ0) is 21.6. The van der Waals surface area contributed by atoms with Gasteiger partial charge in [-0.25, -0.2) is 13.8 Å². The van der Waals surface area contributed by atoms with Crippen LogP contribution in [0.2, 0.25) is 0 Å². The molecular weight excluding hydrogens is 398 g/mol. The molecule has 0 radical (unpaired) electrons. The van der Waals surface area contributed by atoms with E-state index in [1.807, 2.05) is 32.0 Å². The van der Waals surface area contributed by atoms with Crippen molar-refractivity contribution in [2.24, 2.45) is 11.0 Å². The first-order chi connectivity index (χ1) is 14.4. The Morgan fingerprint density at radius 3 is 2.53 bits per heavy atom. The van der Waals surface area contributed by atoms with Crippen molar-refractivity contribution >= 4 is 21.6 Å². The molecule has 1 aliphatic heterocycles. The number of nitrogens with zero attached hydrogens (tertiary/aromatic N) is 2. The summed E-state index contributed by atoms with van der Waals surface area (Å²) in [7, 11) is -3.60. The molecule has 30 heavy (non-hydrogen) atoms. The lowest BCUT2D eigenvalue weighted by Crippen LogP contribution is -2.44. The van der Waals surface area contributed by atoms with Crippen LogP contribution in [0, 0.1) is 12.8 Å². The highest BCUT2D eigenvalue weighted by Gasteiger charge is 2.33. The number of amides is 1. The van der Waals surface area contributed by atoms with Gasteiger partial charge in [-0.15, -0.1) is 0 Å². The summed E-state index contributed by atoms with van der Waals surface area (Å²) < 4.78 is 27.3. The molecule has 3 rings (SSSR count). The van der Waals surface area contributed by atoms with Gasteiger partial charge in [0.1, 0.15) is 0 Å². The standard InChI is InChI=1S/C23H29N3O3S/c1-18-10-14-22(15-11-18)30(28,29)26-16-6-9-21(17-26)23(27)25-24-19(2)12-13-20-7-4-3-5-8-20/h3-5,7-8,10-11,14-15,21H,6,9,12-13,16-17H2,1-2H3,(H,25,27)/b24-19-/t21-/m1/s1. The molecule has 1 atom stereocenters. The van der Waals surface area contributed by atoms with Gasteiger partial charge in [0, 0.05) is 18.8 Å². The molecule has 7 heteroatoms. The molecule has 1 heterocycles. The summed E-state index contributed by atoms with van der Waals surface area (Å²) in [6.45, 7) is 4.41. The van der Waals surface area contributed by atoms with Crippen molar-refractivity contribution in [2.45, 2.75) is 44.4 Å². The van der Waals surface area contributed by atoms with Gasteiger partial charge in [0.2, 0.25) is 15.9 Å². The molecule has 1 N–H and O–H groups in total. The third-order valence-corrected chi connectivity index (χ3v) is 7.27. The predicted molar refractivity (Wildman–Crippen MR) is 119 cm³/mol. The number of piperidine rings is 1. The van der Waals surface area contributed by atoms with E-state index in [-0.39, 0.29) is 17.3 Å². The van der Waals surface area contributed by atoms with E-state index in [9.17, 15) is 13.2 Å². The SMILES string of the molecule is C/C(CCc1ccccc1)=N/NC(=O)[C@@H]1CCCN(S(=O)(=O)c2ccc(C)cc2)C1. The highest BCUT2D eigenvalue weighted by atomic mass is 32.2. The zero-order valence-electron chi connectivity index (χ0n) is 17.5. The monoisotopic (exact) mass is 427 g/mol. The molecule has 0 aliphatic carbocycles. The summed E-state index contributed by atoms with van der Waals surface area (Å²) in [5, 5.41) is 4.22. The van der Waals surface area contributed by atoms with Crippen LogP contribution in [0.3, 0.4) is 0 Å². The third kappa shape index (κ3) is 5.77. The van der Waals surface area contributed by atoms with Crippen LogP contribution in [0.4, 0.5) is 0 Å². The molecule has 0 saturated carbocycles. The van der Waals surface area contributed by atoms with Gasteiger partial charge in [0.25, 0.3) is 0 Å². The first-order valence-electron chi connectivity index (χ1n) is 10.3. The Kier molecular flexibility index (Phi) is 7.39. The third-order valence-electron chi connectivity index (χ3n) is 5.39. The van der Waals surface area contributed by atoms with Gasteiger partial charge >= 0.3 is 0 Å². The van der Waals surface area contributed by atoms with Crippen LogP contribution in [0.5, 0.6) is 0 Å². The van der Waals surface area contributed by atoms with Crippen LogP contribution in [-0.4, -0.2) is 37.4 Å².